The maximum Gasteiger partial charge on any atom is 0.325 e. The quantitative estimate of drug-likeness (QED) is 0.837. The summed E-state index contributed by atoms with van der Waals surface area (Å²) >= 11 is 0. The van der Waals surface area contributed by atoms with Crippen molar-refractivity contribution in [3.63, 3.8) is 0 Å². The zero-order valence-corrected chi connectivity index (χ0v) is 12.5. The Kier molecular flexibility index (Phi) is 3.66. The summed E-state index contributed by atoms with van der Waals surface area (Å²) < 4.78 is 16.0. The monoisotopic (exact) mass is 306 g/mol. The van der Waals surface area contributed by atoms with E-state index in [1.54, 1.807) is 19.1 Å². The third-order valence-corrected chi connectivity index (χ3v) is 3.73. The Hall–Kier alpha value is -2.28. The fraction of sp³-hybridized carbons (Fsp3) is 0.467. The lowest BCUT2D eigenvalue weighted by Gasteiger charge is -2.21. The number of benzene rings is 1. The Bertz CT molecular complexity index is 618. The number of nitrogens with one attached hydrogen (secondary N) is 1. The first-order valence-electron chi connectivity index (χ1n) is 7.05. The van der Waals surface area contributed by atoms with Gasteiger partial charge in [-0.1, -0.05) is 6.07 Å². The summed E-state index contributed by atoms with van der Waals surface area (Å²) in [5.41, 5.74) is -0.214. The first-order valence-corrected chi connectivity index (χ1v) is 7.05. The summed E-state index contributed by atoms with van der Waals surface area (Å²) in [5.74, 6) is 1.01. The van der Waals surface area contributed by atoms with Crippen molar-refractivity contribution in [1.29, 1.82) is 0 Å². The molecule has 0 saturated carbocycles. The average molecular weight is 306 g/mol. The number of carbonyl (C=O) groups excluding carboxylic acids is 2. The van der Waals surface area contributed by atoms with E-state index in [-0.39, 0.29) is 19.1 Å². The molecule has 3 rings (SSSR count). The summed E-state index contributed by atoms with van der Waals surface area (Å²) in [7, 11) is 1.49. The van der Waals surface area contributed by atoms with Crippen LogP contribution >= 0.6 is 0 Å². The van der Waals surface area contributed by atoms with E-state index < -0.39 is 11.6 Å². The van der Waals surface area contributed by atoms with E-state index in [4.69, 9.17) is 14.2 Å². The highest BCUT2D eigenvalue weighted by Crippen LogP contribution is 2.31. The smallest absolute Gasteiger partial charge is 0.325 e. The molecule has 0 aromatic heterocycles. The second kappa shape index (κ2) is 5.49. The van der Waals surface area contributed by atoms with Gasteiger partial charge in [-0.15, -0.1) is 0 Å². The molecular weight excluding hydrogens is 288 g/mol. The van der Waals surface area contributed by atoms with Crippen LogP contribution in [0.15, 0.2) is 18.2 Å². The highest BCUT2D eigenvalue weighted by Gasteiger charge is 2.47. The van der Waals surface area contributed by atoms with Crippen molar-refractivity contribution in [2.75, 3.05) is 26.9 Å². The molecule has 0 radical (unpaired) electrons. The molecule has 0 unspecified atom stereocenters. The Balaban J connectivity index is 1.78. The summed E-state index contributed by atoms with van der Waals surface area (Å²) in [5, 5.41) is 2.67. The lowest BCUT2D eigenvalue weighted by atomic mass is 10.0. The van der Waals surface area contributed by atoms with Crippen molar-refractivity contribution < 1.29 is 23.8 Å². The van der Waals surface area contributed by atoms with E-state index in [2.05, 4.69) is 5.32 Å². The molecule has 1 atom stereocenters. The molecule has 3 amide bonds. The number of hydrogen-bond donors (Lipinski definition) is 1. The molecule has 1 aromatic carbocycles. The van der Waals surface area contributed by atoms with Crippen molar-refractivity contribution in [2.45, 2.75) is 19.0 Å². The summed E-state index contributed by atoms with van der Waals surface area (Å²) in [6, 6.07) is 4.98. The molecule has 2 aliphatic rings. The van der Waals surface area contributed by atoms with E-state index in [0.717, 1.165) is 5.56 Å². The number of nitrogens with zero attached hydrogens (tertiary/aromatic N) is 1. The predicted molar refractivity (Wildman–Crippen MR) is 76.8 cm³/mol. The molecule has 0 bridgehead atoms. The van der Waals surface area contributed by atoms with Crippen LogP contribution in [0.2, 0.25) is 0 Å². The zero-order valence-electron chi connectivity index (χ0n) is 12.5. The van der Waals surface area contributed by atoms with Crippen molar-refractivity contribution in [3.8, 4) is 11.5 Å². The van der Waals surface area contributed by atoms with Crippen LogP contribution in [0.3, 0.4) is 0 Å². The van der Waals surface area contributed by atoms with Crippen LogP contribution in [0.4, 0.5) is 4.79 Å². The third kappa shape index (κ3) is 2.48. The SMILES string of the molecule is COC[C@@]1(C)NC(=O)N(Cc2ccc3c(c2)OCCO3)C1=O. The topological polar surface area (TPSA) is 77.1 Å². The van der Waals surface area contributed by atoms with Crippen molar-refractivity contribution in [3.05, 3.63) is 23.8 Å². The molecule has 1 saturated heterocycles. The van der Waals surface area contributed by atoms with Gasteiger partial charge in [-0.25, -0.2) is 4.79 Å². The Morgan fingerprint density at radius 3 is 2.73 bits per heavy atom. The van der Waals surface area contributed by atoms with E-state index in [9.17, 15) is 9.59 Å². The molecule has 2 aliphatic heterocycles. The molecule has 22 heavy (non-hydrogen) atoms. The average Bonchev–Trinajstić information content (AvgIpc) is 2.71. The largest absolute Gasteiger partial charge is 0.486 e. The van der Waals surface area contributed by atoms with Crippen LogP contribution in [0.1, 0.15) is 12.5 Å². The third-order valence-electron chi connectivity index (χ3n) is 3.73. The van der Waals surface area contributed by atoms with Gasteiger partial charge < -0.3 is 19.5 Å². The lowest BCUT2D eigenvalue weighted by Crippen LogP contribution is -2.47. The predicted octanol–water partition coefficient (Wildman–Crippen LogP) is 0.915. The van der Waals surface area contributed by atoms with Crippen LogP contribution in [0, 0.1) is 0 Å². The van der Waals surface area contributed by atoms with E-state index in [1.807, 2.05) is 6.07 Å². The number of amides is 3. The van der Waals surface area contributed by atoms with Gasteiger partial charge in [0.15, 0.2) is 11.5 Å². The lowest BCUT2D eigenvalue weighted by molar-refractivity contribution is -0.132. The van der Waals surface area contributed by atoms with Crippen molar-refractivity contribution >= 4 is 11.9 Å². The fourth-order valence-corrected chi connectivity index (χ4v) is 2.65. The van der Waals surface area contributed by atoms with Gasteiger partial charge >= 0.3 is 6.03 Å². The number of hydrogen-bond acceptors (Lipinski definition) is 5. The normalized spacial score (nSPS) is 23.6. The molecule has 1 fully saturated rings. The number of imide groups is 1. The van der Waals surface area contributed by atoms with Crippen LogP contribution in [0.5, 0.6) is 11.5 Å². The van der Waals surface area contributed by atoms with Crippen LogP contribution in [-0.4, -0.2) is 49.3 Å². The van der Waals surface area contributed by atoms with Crippen molar-refractivity contribution in [1.82, 2.24) is 10.2 Å². The highest BCUT2D eigenvalue weighted by atomic mass is 16.6. The number of urea groups is 1. The van der Waals surface area contributed by atoms with Gasteiger partial charge in [-0.2, -0.15) is 0 Å². The maximum absolute atomic E-state index is 12.4. The zero-order chi connectivity index (χ0) is 15.7. The minimum Gasteiger partial charge on any atom is -0.486 e. The number of rotatable bonds is 4. The number of ether oxygens (including phenoxy) is 3. The molecule has 1 N–H and O–H groups in total. The molecule has 1 aromatic rings. The van der Waals surface area contributed by atoms with Crippen LogP contribution < -0.4 is 14.8 Å². The van der Waals surface area contributed by atoms with Gasteiger partial charge in [0.2, 0.25) is 0 Å². The number of methoxy groups -OCH3 is 1. The molecule has 0 aliphatic carbocycles. The fourth-order valence-electron chi connectivity index (χ4n) is 2.65. The molecule has 0 spiro atoms. The molecule has 118 valence electrons. The Labute approximate surface area is 128 Å². The molecule has 7 nitrogen and oxygen atoms in total. The van der Waals surface area contributed by atoms with Crippen molar-refractivity contribution in [2.24, 2.45) is 0 Å². The summed E-state index contributed by atoms with van der Waals surface area (Å²) in [6.45, 7) is 2.98. The van der Waals surface area contributed by atoms with Crippen LogP contribution in [0.25, 0.3) is 0 Å². The second-order valence-corrected chi connectivity index (χ2v) is 5.56. The van der Waals surface area contributed by atoms with Gasteiger partial charge in [-0.05, 0) is 24.6 Å². The highest BCUT2D eigenvalue weighted by molar-refractivity contribution is 6.06. The standard InChI is InChI=1S/C15H18N2O5/c1-15(9-20-2)13(18)17(14(19)16-15)8-10-3-4-11-12(7-10)22-6-5-21-11/h3-4,7H,5-6,8-9H2,1-2H3,(H,16,19)/t15-/m1/s1. The molecular formula is C15H18N2O5. The van der Waals surface area contributed by atoms with Gasteiger partial charge in [0.1, 0.15) is 18.8 Å². The molecule has 2 heterocycles. The van der Waals surface area contributed by atoms with Gasteiger partial charge in [0.25, 0.3) is 5.91 Å². The Morgan fingerprint density at radius 1 is 1.27 bits per heavy atom. The van der Waals surface area contributed by atoms with Gasteiger partial charge in [-0.3, -0.25) is 9.69 Å². The van der Waals surface area contributed by atoms with E-state index >= 15 is 0 Å². The number of fused-ring (bicyclic) bond motifs is 1. The van der Waals surface area contributed by atoms with Gasteiger partial charge in [0.05, 0.1) is 13.2 Å². The first-order chi connectivity index (χ1) is 10.5. The van der Waals surface area contributed by atoms with Crippen LogP contribution in [-0.2, 0) is 16.1 Å². The minimum absolute atomic E-state index is 0.134. The second-order valence-electron chi connectivity index (χ2n) is 5.56. The minimum atomic E-state index is -1.01. The Morgan fingerprint density at radius 2 is 2.00 bits per heavy atom. The summed E-state index contributed by atoms with van der Waals surface area (Å²) in [6.07, 6.45) is 0. The van der Waals surface area contributed by atoms with E-state index in [0.29, 0.717) is 24.7 Å². The molecule has 7 heteroatoms. The first kappa shape index (κ1) is 14.6. The van der Waals surface area contributed by atoms with Gasteiger partial charge in [0, 0.05) is 7.11 Å². The number of carbonyl (C=O) groups is 2. The summed E-state index contributed by atoms with van der Waals surface area (Å²) in [4.78, 5) is 25.7. The van der Waals surface area contributed by atoms with E-state index in [1.165, 1.54) is 12.0 Å². The maximum atomic E-state index is 12.4.